The van der Waals surface area contributed by atoms with Crippen molar-refractivity contribution in [1.29, 1.82) is 0 Å². The standard InChI is InChI=1S/C24H27N3O2/c1-15-7-6-8-19(16(15)2)25-23-22-20(13-24(3,4)14-21(22)28)27(26-23)17-9-11-18(29-5)12-10-17/h6-12H,13-14H2,1-5H3,(H,25,26). The molecule has 0 unspecified atom stereocenters. The Labute approximate surface area is 171 Å². The first-order valence-corrected chi connectivity index (χ1v) is 9.92. The lowest BCUT2D eigenvalue weighted by atomic mass is 9.76. The van der Waals surface area contributed by atoms with E-state index < -0.39 is 0 Å². The monoisotopic (exact) mass is 389 g/mol. The summed E-state index contributed by atoms with van der Waals surface area (Å²) in [5.41, 5.74) is 5.83. The third-order valence-electron chi connectivity index (χ3n) is 5.72. The summed E-state index contributed by atoms with van der Waals surface area (Å²) in [7, 11) is 1.65. The van der Waals surface area contributed by atoms with Crippen LogP contribution in [0.1, 0.15) is 47.4 Å². The number of methoxy groups -OCH3 is 1. The molecule has 1 aromatic heterocycles. The molecule has 0 bridgehead atoms. The number of hydrogen-bond donors (Lipinski definition) is 1. The minimum Gasteiger partial charge on any atom is -0.497 e. The molecule has 0 radical (unpaired) electrons. The minimum atomic E-state index is -0.0924. The van der Waals surface area contributed by atoms with Crippen molar-refractivity contribution in [3.63, 3.8) is 0 Å². The van der Waals surface area contributed by atoms with E-state index >= 15 is 0 Å². The number of Topliss-reactive ketones (excluding diaryl/α,β-unsaturated/α-hetero) is 1. The molecule has 0 atom stereocenters. The highest BCUT2D eigenvalue weighted by atomic mass is 16.5. The molecule has 150 valence electrons. The van der Waals surface area contributed by atoms with Crippen LogP contribution in [0.2, 0.25) is 0 Å². The van der Waals surface area contributed by atoms with Gasteiger partial charge in [-0.05, 0) is 67.1 Å². The van der Waals surface area contributed by atoms with Crippen LogP contribution in [0.3, 0.4) is 0 Å². The first-order valence-electron chi connectivity index (χ1n) is 9.92. The number of ketones is 1. The van der Waals surface area contributed by atoms with Crippen LogP contribution < -0.4 is 10.1 Å². The van der Waals surface area contributed by atoms with Gasteiger partial charge in [-0.1, -0.05) is 26.0 Å². The molecule has 1 aliphatic rings. The van der Waals surface area contributed by atoms with Gasteiger partial charge >= 0.3 is 0 Å². The second kappa shape index (κ2) is 7.07. The van der Waals surface area contributed by atoms with E-state index in [4.69, 9.17) is 9.84 Å². The maximum atomic E-state index is 13.1. The van der Waals surface area contributed by atoms with Gasteiger partial charge in [0.25, 0.3) is 0 Å². The number of carbonyl (C=O) groups is 1. The lowest BCUT2D eigenvalue weighted by molar-refractivity contribution is 0.0912. The van der Waals surface area contributed by atoms with Crippen molar-refractivity contribution < 1.29 is 9.53 Å². The lowest BCUT2D eigenvalue weighted by Crippen LogP contribution is -2.28. The number of benzene rings is 2. The van der Waals surface area contributed by atoms with E-state index in [1.54, 1.807) is 7.11 Å². The number of anilines is 2. The van der Waals surface area contributed by atoms with Gasteiger partial charge in [0.2, 0.25) is 0 Å². The van der Waals surface area contributed by atoms with Crippen molar-refractivity contribution >= 4 is 17.3 Å². The molecule has 1 N–H and O–H groups in total. The van der Waals surface area contributed by atoms with Crippen molar-refractivity contribution in [1.82, 2.24) is 9.78 Å². The predicted molar refractivity (Wildman–Crippen MR) is 116 cm³/mol. The fourth-order valence-corrected chi connectivity index (χ4v) is 3.99. The molecule has 5 heteroatoms. The molecule has 4 rings (SSSR count). The number of ether oxygens (including phenoxy) is 1. The van der Waals surface area contributed by atoms with E-state index in [1.165, 1.54) is 5.56 Å². The lowest BCUT2D eigenvalue weighted by Gasteiger charge is -2.29. The van der Waals surface area contributed by atoms with Crippen molar-refractivity contribution in [2.24, 2.45) is 5.41 Å². The number of aromatic nitrogens is 2. The molecular weight excluding hydrogens is 362 g/mol. The maximum Gasteiger partial charge on any atom is 0.169 e. The molecule has 5 nitrogen and oxygen atoms in total. The van der Waals surface area contributed by atoms with E-state index in [9.17, 15) is 4.79 Å². The van der Waals surface area contributed by atoms with E-state index in [-0.39, 0.29) is 11.2 Å². The van der Waals surface area contributed by atoms with Gasteiger partial charge in [0, 0.05) is 12.1 Å². The van der Waals surface area contributed by atoms with Crippen molar-refractivity contribution in [2.75, 3.05) is 12.4 Å². The second-order valence-corrected chi connectivity index (χ2v) is 8.59. The van der Waals surface area contributed by atoms with Gasteiger partial charge in [0.1, 0.15) is 5.75 Å². The first-order chi connectivity index (χ1) is 13.8. The van der Waals surface area contributed by atoms with E-state index in [0.717, 1.165) is 34.8 Å². The van der Waals surface area contributed by atoms with Gasteiger partial charge in [0.15, 0.2) is 11.6 Å². The maximum absolute atomic E-state index is 13.1. The molecule has 3 aromatic rings. The summed E-state index contributed by atoms with van der Waals surface area (Å²) in [5.74, 6) is 1.56. The smallest absolute Gasteiger partial charge is 0.169 e. The molecule has 0 fully saturated rings. The quantitative estimate of drug-likeness (QED) is 0.649. The first kappa shape index (κ1) is 19.2. The molecule has 2 aromatic carbocycles. The van der Waals surface area contributed by atoms with Crippen LogP contribution in [0.15, 0.2) is 42.5 Å². The molecule has 0 spiro atoms. The molecule has 0 saturated heterocycles. The summed E-state index contributed by atoms with van der Waals surface area (Å²) in [6.45, 7) is 8.43. The Morgan fingerprint density at radius 1 is 1.07 bits per heavy atom. The van der Waals surface area contributed by atoms with Crippen LogP contribution in [0.25, 0.3) is 5.69 Å². The highest BCUT2D eigenvalue weighted by molar-refractivity contribution is 6.03. The Morgan fingerprint density at radius 3 is 2.48 bits per heavy atom. The Hall–Kier alpha value is -3.08. The predicted octanol–water partition coefficient (Wildman–Crippen LogP) is 5.40. The van der Waals surface area contributed by atoms with Crippen molar-refractivity contribution in [3.05, 3.63) is 64.8 Å². The van der Waals surface area contributed by atoms with Crippen LogP contribution in [-0.4, -0.2) is 22.7 Å². The van der Waals surface area contributed by atoms with Crippen LogP contribution in [-0.2, 0) is 6.42 Å². The summed E-state index contributed by atoms with van der Waals surface area (Å²) in [6, 6.07) is 13.9. The van der Waals surface area contributed by atoms with Gasteiger partial charge in [-0.25, -0.2) is 4.68 Å². The average molecular weight is 389 g/mol. The SMILES string of the molecule is COc1ccc(-n2nc(Nc3cccc(C)c3C)c3c2CC(C)(C)CC3=O)cc1. The second-order valence-electron chi connectivity index (χ2n) is 8.59. The largest absolute Gasteiger partial charge is 0.497 e. The Balaban J connectivity index is 1.85. The van der Waals surface area contributed by atoms with Crippen LogP contribution in [0, 0.1) is 19.3 Å². The van der Waals surface area contributed by atoms with Gasteiger partial charge < -0.3 is 10.1 Å². The van der Waals surface area contributed by atoms with Crippen LogP contribution >= 0.6 is 0 Å². The summed E-state index contributed by atoms with van der Waals surface area (Å²) < 4.78 is 7.18. The number of carbonyl (C=O) groups excluding carboxylic acids is 1. The fourth-order valence-electron chi connectivity index (χ4n) is 3.99. The number of rotatable bonds is 4. The van der Waals surface area contributed by atoms with Gasteiger partial charge in [-0.15, -0.1) is 5.10 Å². The van der Waals surface area contributed by atoms with E-state index in [0.29, 0.717) is 17.8 Å². The van der Waals surface area contributed by atoms with Crippen LogP contribution in [0.5, 0.6) is 5.75 Å². The van der Waals surface area contributed by atoms with Gasteiger partial charge in [0.05, 0.1) is 24.1 Å². The summed E-state index contributed by atoms with van der Waals surface area (Å²) in [5, 5.41) is 8.28. The van der Waals surface area contributed by atoms with Gasteiger partial charge in [-0.3, -0.25) is 4.79 Å². The molecular formula is C24H27N3O2. The number of aryl methyl sites for hydroxylation is 1. The minimum absolute atomic E-state index is 0.0924. The Morgan fingerprint density at radius 2 is 1.79 bits per heavy atom. The third kappa shape index (κ3) is 3.53. The zero-order valence-corrected chi connectivity index (χ0v) is 17.7. The van der Waals surface area contributed by atoms with Crippen LogP contribution in [0.4, 0.5) is 11.5 Å². The third-order valence-corrected chi connectivity index (χ3v) is 5.72. The number of nitrogens with zero attached hydrogens (tertiary/aromatic N) is 2. The van der Waals surface area contributed by atoms with Crippen molar-refractivity contribution in [2.45, 2.75) is 40.5 Å². The Bertz CT molecular complexity index is 1080. The number of nitrogens with one attached hydrogen (secondary N) is 1. The van der Waals surface area contributed by atoms with E-state index in [1.807, 2.05) is 41.1 Å². The van der Waals surface area contributed by atoms with E-state index in [2.05, 4.69) is 39.1 Å². The fraction of sp³-hybridized carbons (Fsp3) is 0.333. The number of hydrogen-bond acceptors (Lipinski definition) is 4. The molecule has 0 saturated carbocycles. The van der Waals surface area contributed by atoms with Crippen molar-refractivity contribution in [3.8, 4) is 11.4 Å². The molecule has 29 heavy (non-hydrogen) atoms. The molecule has 0 amide bonds. The summed E-state index contributed by atoms with van der Waals surface area (Å²) in [4.78, 5) is 13.1. The highest BCUT2D eigenvalue weighted by Gasteiger charge is 2.37. The normalized spacial score (nSPS) is 15.1. The average Bonchev–Trinajstić information content (AvgIpc) is 3.02. The topological polar surface area (TPSA) is 56.1 Å². The summed E-state index contributed by atoms with van der Waals surface area (Å²) >= 11 is 0. The summed E-state index contributed by atoms with van der Waals surface area (Å²) in [6.07, 6.45) is 1.32. The Kier molecular flexibility index (Phi) is 4.69. The number of fused-ring (bicyclic) bond motifs is 1. The zero-order valence-electron chi connectivity index (χ0n) is 17.7. The molecule has 1 aliphatic carbocycles. The zero-order chi connectivity index (χ0) is 20.8. The van der Waals surface area contributed by atoms with Gasteiger partial charge in [-0.2, -0.15) is 0 Å². The molecule has 1 heterocycles. The highest BCUT2D eigenvalue weighted by Crippen LogP contribution is 2.40. The molecule has 0 aliphatic heterocycles.